The number of hydrogen-bond acceptors (Lipinski definition) is 4. The molecule has 1 N–H and O–H groups in total. The van der Waals surface area contributed by atoms with E-state index >= 15 is 0 Å². The molecule has 18 heavy (non-hydrogen) atoms. The topological polar surface area (TPSA) is 47.9 Å². The second kappa shape index (κ2) is 4.42. The van der Waals surface area contributed by atoms with Crippen molar-refractivity contribution < 1.29 is 19.5 Å². The van der Waals surface area contributed by atoms with Gasteiger partial charge in [0, 0.05) is 16.6 Å². The van der Waals surface area contributed by atoms with Crippen LogP contribution in [0.2, 0.25) is 5.02 Å². The van der Waals surface area contributed by atoms with Crippen LogP contribution in [0, 0.1) is 0 Å². The Morgan fingerprint density at radius 3 is 2.22 bits per heavy atom. The van der Waals surface area contributed by atoms with Crippen LogP contribution in [0.5, 0.6) is 5.75 Å². The van der Waals surface area contributed by atoms with Gasteiger partial charge in [-0.1, -0.05) is 17.7 Å². The van der Waals surface area contributed by atoms with Gasteiger partial charge in [0.1, 0.15) is 0 Å². The Labute approximate surface area is 112 Å². The average Bonchev–Trinajstić information content (AvgIpc) is 2.47. The van der Waals surface area contributed by atoms with Gasteiger partial charge in [0.2, 0.25) is 0 Å². The van der Waals surface area contributed by atoms with Gasteiger partial charge in [0.15, 0.2) is 5.75 Å². The predicted molar refractivity (Wildman–Crippen MR) is 70.4 cm³/mol. The lowest BCUT2D eigenvalue weighted by Crippen LogP contribution is -2.41. The monoisotopic (exact) mass is 270 g/mol. The maximum atomic E-state index is 8.89. The Kier molecular flexibility index (Phi) is 3.36. The minimum atomic E-state index is -0.589. The second-order valence-corrected chi connectivity index (χ2v) is 5.80. The third-order valence-electron chi connectivity index (χ3n) is 3.58. The number of hydrogen-bond donors (Lipinski definition) is 1. The molecule has 1 aliphatic rings. The fourth-order valence-electron chi connectivity index (χ4n) is 1.75. The Bertz CT molecular complexity index is 445. The minimum Gasteiger partial charge on any atom is -0.399 e. The molecule has 0 amide bonds. The zero-order valence-electron chi connectivity index (χ0n) is 10.9. The van der Waals surface area contributed by atoms with Crippen LogP contribution in [0.3, 0.4) is 0 Å². The van der Waals surface area contributed by atoms with Crippen molar-refractivity contribution in [3.63, 3.8) is 0 Å². The molecule has 1 heterocycles. The molecule has 0 aliphatic carbocycles. The molecular weight excluding hydrogens is 254 g/mol. The van der Waals surface area contributed by atoms with Gasteiger partial charge in [-0.25, -0.2) is 5.26 Å². The van der Waals surface area contributed by atoms with Crippen molar-refractivity contribution >= 4 is 24.2 Å². The summed E-state index contributed by atoms with van der Waals surface area (Å²) >= 11 is 5.84. The molecule has 1 fully saturated rings. The van der Waals surface area contributed by atoms with Gasteiger partial charge in [-0.2, -0.15) is 0 Å². The molecule has 0 unspecified atom stereocenters. The molecular formula is C12H16BClO4. The molecule has 0 saturated carbocycles. The smallest absolute Gasteiger partial charge is 0.399 e. The summed E-state index contributed by atoms with van der Waals surface area (Å²) in [7, 11) is -0.589. The van der Waals surface area contributed by atoms with Crippen LogP contribution in [0.25, 0.3) is 0 Å². The Balaban J connectivity index is 2.35. The summed E-state index contributed by atoms with van der Waals surface area (Å²) in [6, 6.07) is 4.93. The van der Waals surface area contributed by atoms with Crippen LogP contribution >= 0.6 is 11.6 Å². The Morgan fingerprint density at radius 1 is 1.17 bits per heavy atom. The fourth-order valence-corrected chi connectivity index (χ4v) is 1.91. The number of halogens is 1. The van der Waals surface area contributed by atoms with E-state index in [0.717, 1.165) is 0 Å². The molecule has 0 spiro atoms. The standard InChI is InChI=1S/C12H16BClO4/c1-11(2)12(3,4)18-13(17-11)9-6-5-8(14)7-10(9)16-15/h5-7,15H,1-4H3. The van der Waals surface area contributed by atoms with E-state index in [-0.39, 0.29) is 5.75 Å². The summed E-state index contributed by atoms with van der Waals surface area (Å²) in [5.74, 6) is 0.237. The first-order chi connectivity index (χ1) is 8.27. The summed E-state index contributed by atoms with van der Waals surface area (Å²) in [6.45, 7) is 7.84. The molecule has 1 saturated heterocycles. The van der Waals surface area contributed by atoms with E-state index in [1.54, 1.807) is 12.1 Å². The lowest BCUT2D eigenvalue weighted by Gasteiger charge is -2.32. The largest absolute Gasteiger partial charge is 0.498 e. The quantitative estimate of drug-likeness (QED) is 0.509. The molecule has 6 heteroatoms. The number of rotatable bonds is 2. The first kappa shape index (κ1) is 13.7. The summed E-state index contributed by atoms with van der Waals surface area (Å²) in [5, 5.41) is 9.37. The summed E-state index contributed by atoms with van der Waals surface area (Å²) in [5.41, 5.74) is -0.269. The fraction of sp³-hybridized carbons (Fsp3) is 0.500. The third-order valence-corrected chi connectivity index (χ3v) is 3.82. The van der Waals surface area contributed by atoms with E-state index in [1.165, 1.54) is 6.07 Å². The highest BCUT2D eigenvalue weighted by Gasteiger charge is 2.52. The van der Waals surface area contributed by atoms with Crippen LogP contribution in [-0.4, -0.2) is 23.6 Å². The SMILES string of the molecule is CC1(C)OB(c2ccc(Cl)cc2OO)OC1(C)C. The van der Waals surface area contributed by atoms with Gasteiger partial charge in [-0.15, -0.1) is 0 Å². The molecule has 1 aromatic carbocycles. The molecule has 0 bridgehead atoms. The lowest BCUT2D eigenvalue weighted by atomic mass is 9.78. The van der Waals surface area contributed by atoms with Crippen LogP contribution in [-0.2, 0) is 9.31 Å². The van der Waals surface area contributed by atoms with Gasteiger partial charge in [-0.05, 0) is 33.8 Å². The van der Waals surface area contributed by atoms with E-state index in [1.807, 2.05) is 27.7 Å². The van der Waals surface area contributed by atoms with Gasteiger partial charge in [-0.3, -0.25) is 0 Å². The van der Waals surface area contributed by atoms with Gasteiger partial charge < -0.3 is 14.2 Å². The predicted octanol–water partition coefficient (Wildman–Crippen LogP) is 2.49. The lowest BCUT2D eigenvalue weighted by molar-refractivity contribution is -0.136. The first-order valence-corrected chi connectivity index (χ1v) is 6.11. The molecule has 0 aromatic heterocycles. The van der Waals surface area contributed by atoms with Gasteiger partial charge in [0.05, 0.1) is 11.2 Å². The van der Waals surface area contributed by atoms with E-state index in [0.29, 0.717) is 10.5 Å². The molecule has 1 aromatic rings. The second-order valence-electron chi connectivity index (χ2n) is 5.36. The molecule has 98 valence electrons. The van der Waals surface area contributed by atoms with Crippen molar-refractivity contribution in [2.75, 3.05) is 0 Å². The summed E-state index contributed by atoms with van der Waals surface area (Å²) < 4.78 is 11.8. The average molecular weight is 271 g/mol. The van der Waals surface area contributed by atoms with Crippen LogP contribution in [0.1, 0.15) is 27.7 Å². The normalized spacial score (nSPS) is 21.1. The van der Waals surface area contributed by atoms with Gasteiger partial charge >= 0.3 is 7.12 Å². The van der Waals surface area contributed by atoms with E-state index in [9.17, 15) is 0 Å². The summed E-state index contributed by atoms with van der Waals surface area (Å²) in [6.07, 6.45) is 0. The zero-order chi connectivity index (χ0) is 13.6. The van der Waals surface area contributed by atoms with Crippen molar-refractivity contribution in [3.05, 3.63) is 23.2 Å². The van der Waals surface area contributed by atoms with Crippen LogP contribution in [0.15, 0.2) is 18.2 Å². The van der Waals surface area contributed by atoms with Crippen molar-refractivity contribution in [3.8, 4) is 5.75 Å². The molecule has 0 atom stereocenters. The first-order valence-electron chi connectivity index (χ1n) is 5.73. The molecule has 0 radical (unpaired) electrons. The van der Waals surface area contributed by atoms with E-state index in [4.69, 9.17) is 26.2 Å². The number of benzene rings is 1. The van der Waals surface area contributed by atoms with E-state index < -0.39 is 18.3 Å². The van der Waals surface area contributed by atoms with Crippen molar-refractivity contribution in [1.29, 1.82) is 0 Å². The molecule has 2 rings (SSSR count). The molecule has 4 nitrogen and oxygen atoms in total. The highest BCUT2D eigenvalue weighted by Crippen LogP contribution is 2.37. The Hall–Kier alpha value is -0.745. The van der Waals surface area contributed by atoms with Crippen LogP contribution < -0.4 is 10.4 Å². The highest BCUT2D eigenvalue weighted by atomic mass is 35.5. The Morgan fingerprint density at radius 2 is 1.72 bits per heavy atom. The van der Waals surface area contributed by atoms with Crippen LogP contribution in [0.4, 0.5) is 0 Å². The van der Waals surface area contributed by atoms with Crippen molar-refractivity contribution in [1.82, 2.24) is 0 Å². The summed E-state index contributed by atoms with van der Waals surface area (Å²) in [4.78, 5) is 4.33. The maximum absolute atomic E-state index is 8.89. The highest BCUT2D eigenvalue weighted by molar-refractivity contribution is 6.63. The van der Waals surface area contributed by atoms with E-state index in [2.05, 4.69) is 4.89 Å². The maximum Gasteiger partial charge on any atom is 0.498 e. The van der Waals surface area contributed by atoms with Crippen molar-refractivity contribution in [2.45, 2.75) is 38.9 Å². The third kappa shape index (κ3) is 2.23. The van der Waals surface area contributed by atoms with Gasteiger partial charge in [0.25, 0.3) is 0 Å². The van der Waals surface area contributed by atoms with Crippen molar-refractivity contribution in [2.24, 2.45) is 0 Å². The minimum absolute atomic E-state index is 0.237. The zero-order valence-corrected chi connectivity index (χ0v) is 11.6. The molecule has 1 aliphatic heterocycles.